The lowest BCUT2D eigenvalue weighted by molar-refractivity contribution is 0.0487. The van der Waals surface area contributed by atoms with E-state index in [-0.39, 0.29) is 23.8 Å². The van der Waals surface area contributed by atoms with E-state index in [1.807, 2.05) is 32.7 Å². The molecule has 3 rings (SSSR count). The van der Waals surface area contributed by atoms with Crippen molar-refractivity contribution in [3.8, 4) is 24.3 Å². The Labute approximate surface area is 135 Å². The molecule has 1 aromatic heterocycles. The van der Waals surface area contributed by atoms with Crippen molar-refractivity contribution in [2.75, 3.05) is 13.6 Å². The Balaban J connectivity index is 0.000000615. The molecule has 0 bridgehead atoms. The molecule has 23 heavy (non-hydrogen) atoms. The molecule has 0 aliphatic carbocycles. The van der Waals surface area contributed by atoms with Gasteiger partial charge in [0.2, 0.25) is 0 Å². The van der Waals surface area contributed by atoms with E-state index in [1.54, 1.807) is 4.90 Å². The Kier molecular flexibility index (Phi) is 5.82. The summed E-state index contributed by atoms with van der Waals surface area (Å²) in [6.45, 7) is 7.09. The number of hydrogen-bond donors (Lipinski definition) is 2. The lowest BCUT2D eigenvalue weighted by Crippen LogP contribution is -2.51. The third-order valence-electron chi connectivity index (χ3n) is 3.89. The molecule has 2 aliphatic heterocycles. The number of nitrogens with zero attached hydrogens (tertiary/aromatic N) is 3. The van der Waals surface area contributed by atoms with Gasteiger partial charge < -0.3 is 19.7 Å². The van der Waals surface area contributed by atoms with Crippen LogP contribution in [0.15, 0.2) is 11.0 Å². The molecule has 1 fully saturated rings. The molecule has 2 N–H and O–H groups in total. The fourth-order valence-corrected chi connectivity index (χ4v) is 3.00. The van der Waals surface area contributed by atoms with Gasteiger partial charge in [-0.2, -0.15) is 0 Å². The molecule has 0 spiro atoms. The summed E-state index contributed by atoms with van der Waals surface area (Å²) in [4.78, 5) is 27.7. The second kappa shape index (κ2) is 7.20. The predicted molar refractivity (Wildman–Crippen MR) is 87.3 cm³/mol. The highest BCUT2D eigenvalue weighted by atomic mass is 16.3. The van der Waals surface area contributed by atoms with Crippen LogP contribution in [0.1, 0.15) is 31.3 Å². The van der Waals surface area contributed by atoms with Crippen LogP contribution in [0.4, 0.5) is 0 Å². The van der Waals surface area contributed by atoms with E-state index >= 15 is 0 Å². The van der Waals surface area contributed by atoms with Crippen LogP contribution in [-0.4, -0.2) is 56.3 Å². The van der Waals surface area contributed by atoms with Crippen molar-refractivity contribution >= 4 is 5.91 Å². The molecule has 0 aromatic carbocycles. The first-order chi connectivity index (χ1) is 10.9. The minimum atomic E-state index is -0.904. The second-order valence-electron chi connectivity index (χ2n) is 5.17. The molecular formula is C16H23N3O4. The van der Waals surface area contributed by atoms with Gasteiger partial charge in [0, 0.05) is 12.6 Å². The summed E-state index contributed by atoms with van der Waals surface area (Å²) >= 11 is 0. The van der Waals surface area contributed by atoms with E-state index in [1.165, 1.54) is 10.8 Å². The zero-order chi connectivity index (χ0) is 17.9. The summed E-state index contributed by atoms with van der Waals surface area (Å²) in [6.07, 6.45) is 9.10. The Morgan fingerprint density at radius 2 is 1.74 bits per heavy atom. The first kappa shape index (κ1) is 18.6. The van der Waals surface area contributed by atoms with Crippen molar-refractivity contribution in [1.29, 1.82) is 0 Å². The van der Waals surface area contributed by atoms with Crippen LogP contribution in [0.2, 0.25) is 0 Å². The third kappa shape index (κ3) is 2.90. The number of fused-ring (bicyclic) bond motifs is 2. The van der Waals surface area contributed by atoms with Crippen molar-refractivity contribution in [3.05, 3.63) is 22.1 Å². The molecular weight excluding hydrogens is 298 g/mol. The minimum absolute atomic E-state index is 0.0274. The Morgan fingerprint density at radius 1 is 1.17 bits per heavy atom. The zero-order valence-corrected chi connectivity index (χ0v) is 13.9. The molecule has 3 heterocycles. The molecule has 7 nitrogen and oxygen atoms in total. The smallest absolute Gasteiger partial charge is 0.276 e. The van der Waals surface area contributed by atoms with E-state index in [0.717, 1.165) is 6.54 Å². The number of aromatic hydroxyl groups is 2. The minimum Gasteiger partial charge on any atom is -0.503 e. The number of terminal acetylenes is 1. The largest absolute Gasteiger partial charge is 0.503 e. The summed E-state index contributed by atoms with van der Waals surface area (Å²) in [6, 6.07) is 0.0274. The monoisotopic (exact) mass is 321 g/mol. The zero-order valence-electron chi connectivity index (χ0n) is 13.9. The number of likely N-dealkylation sites (N-methyl/N-ethyl adjacent to an activating group) is 1. The number of rotatable bonds is 0. The van der Waals surface area contributed by atoms with E-state index in [4.69, 9.17) is 0 Å². The van der Waals surface area contributed by atoms with Crippen molar-refractivity contribution in [1.82, 2.24) is 14.4 Å². The van der Waals surface area contributed by atoms with Gasteiger partial charge in [0.05, 0.1) is 12.7 Å². The van der Waals surface area contributed by atoms with Crippen molar-refractivity contribution in [3.63, 3.8) is 0 Å². The Bertz CT molecular complexity index is 665. The van der Waals surface area contributed by atoms with Crippen molar-refractivity contribution < 1.29 is 15.0 Å². The molecule has 0 radical (unpaired) electrons. The van der Waals surface area contributed by atoms with Gasteiger partial charge in [-0.25, -0.2) is 0 Å². The highest BCUT2D eigenvalue weighted by Gasteiger charge is 2.44. The maximum atomic E-state index is 12.4. The van der Waals surface area contributed by atoms with E-state index in [2.05, 4.69) is 12.8 Å². The van der Waals surface area contributed by atoms with Crippen molar-refractivity contribution in [2.45, 2.75) is 39.5 Å². The standard InChI is InChI=1S/C12H15N3O4.C2H6.C2H2/c1-6-3-13(2)8-5-14-4-7(16)10(17)11(18)9(14)12(19)15(6)8;2*1-2/h4,6,8,16,18H,3,5H2,1-2H3;1-2H3;1-2H/t6-,8?;;/m0../s1. The first-order valence-electron chi connectivity index (χ1n) is 7.43. The number of carbonyl (C=O) groups is 1. The fraction of sp³-hybridized carbons (Fsp3) is 0.500. The summed E-state index contributed by atoms with van der Waals surface area (Å²) in [5.74, 6) is -1.59. The summed E-state index contributed by atoms with van der Waals surface area (Å²) in [5, 5.41) is 19.3. The average Bonchev–Trinajstić information content (AvgIpc) is 2.83. The average molecular weight is 321 g/mol. The molecule has 2 atom stereocenters. The fourth-order valence-electron chi connectivity index (χ4n) is 3.00. The Morgan fingerprint density at radius 3 is 2.30 bits per heavy atom. The lowest BCUT2D eigenvalue weighted by Gasteiger charge is -2.36. The number of pyridine rings is 1. The van der Waals surface area contributed by atoms with Crippen LogP contribution in [-0.2, 0) is 6.54 Å². The molecule has 126 valence electrons. The molecule has 1 saturated heterocycles. The summed E-state index contributed by atoms with van der Waals surface area (Å²) < 4.78 is 1.45. The molecule has 0 saturated carbocycles. The van der Waals surface area contributed by atoms with E-state index in [0.29, 0.717) is 6.54 Å². The second-order valence-corrected chi connectivity index (χ2v) is 5.17. The topological polar surface area (TPSA) is 86.0 Å². The highest BCUT2D eigenvalue weighted by molar-refractivity contribution is 5.96. The molecule has 1 aromatic rings. The van der Waals surface area contributed by atoms with E-state index < -0.39 is 16.9 Å². The Hall–Kier alpha value is -2.46. The molecule has 1 amide bonds. The van der Waals surface area contributed by atoms with Crippen LogP contribution >= 0.6 is 0 Å². The maximum absolute atomic E-state index is 12.4. The van der Waals surface area contributed by atoms with E-state index in [9.17, 15) is 19.8 Å². The SMILES string of the molecule is C#C.CC.C[C@H]1CN(C)C2Cn3cc(O)c(=O)c(O)c3C(=O)N21. The number of hydrogen-bond acceptors (Lipinski definition) is 5. The lowest BCUT2D eigenvalue weighted by atomic mass is 10.1. The predicted octanol–water partition coefficient (Wildman–Crippen LogP) is 0.651. The van der Waals surface area contributed by atoms with Crippen molar-refractivity contribution in [2.24, 2.45) is 0 Å². The van der Waals surface area contributed by atoms with Gasteiger partial charge in [0.1, 0.15) is 6.17 Å². The highest BCUT2D eigenvalue weighted by Crippen LogP contribution is 2.30. The van der Waals surface area contributed by atoms with Crippen LogP contribution in [0.5, 0.6) is 11.5 Å². The summed E-state index contributed by atoms with van der Waals surface area (Å²) in [5.41, 5.74) is -0.945. The number of amides is 1. The van der Waals surface area contributed by atoms with Gasteiger partial charge in [-0.15, -0.1) is 12.8 Å². The van der Waals surface area contributed by atoms with Crippen LogP contribution in [0.25, 0.3) is 0 Å². The normalized spacial score (nSPS) is 22.2. The first-order valence-corrected chi connectivity index (χ1v) is 7.43. The maximum Gasteiger partial charge on any atom is 0.276 e. The quantitative estimate of drug-likeness (QED) is 0.685. The molecule has 1 unspecified atom stereocenters. The van der Waals surface area contributed by atoms with Gasteiger partial charge in [-0.1, -0.05) is 13.8 Å². The molecule has 7 heteroatoms. The van der Waals surface area contributed by atoms with Gasteiger partial charge in [0.15, 0.2) is 17.2 Å². The van der Waals surface area contributed by atoms with Gasteiger partial charge in [-0.3, -0.25) is 14.5 Å². The van der Waals surface area contributed by atoms with Gasteiger partial charge in [0.25, 0.3) is 11.3 Å². The summed E-state index contributed by atoms with van der Waals surface area (Å²) in [7, 11) is 1.92. The van der Waals surface area contributed by atoms with Crippen LogP contribution < -0.4 is 5.43 Å². The van der Waals surface area contributed by atoms with Crippen LogP contribution in [0, 0.1) is 12.8 Å². The van der Waals surface area contributed by atoms with Crippen LogP contribution in [0.3, 0.4) is 0 Å². The van der Waals surface area contributed by atoms with Gasteiger partial charge >= 0.3 is 0 Å². The van der Waals surface area contributed by atoms with Gasteiger partial charge in [-0.05, 0) is 14.0 Å². The number of carbonyl (C=O) groups excluding carboxylic acids is 1. The molecule has 2 aliphatic rings. The number of aromatic nitrogens is 1. The third-order valence-corrected chi connectivity index (χ3v) is 3.89.